The van der Waals surface area contributed by atoms with Crippen molar-refractivity contribution < 1.29 is 0 Å². The summed E-state index contributed by atoms with van der Waals surface area (Å²) in [4.78, 5) is 7.08. The Morgan fingerprint density at radius 2 is 2.24 bits per heavy atom. The molecule has 114 valence electrons. The summed E-state index contributed by atoms with van der Waals surface area (Å²) in [6, 6.07) is 8.73. The molecule has 1 aromatic heterocycles. The molecule has 1 aromatic carbocycles. The predicted octanol–water partition coefficient (Wildman–Crippen LogP) is 3.49. The summed E-state index contributed by atoms with van der Waals surface area (Å²) in [6.07, 6.45) is 4.41. The molecule has 0 radical (unpaired) electrons. The highest BCUT2D eigenvalue weighted by molar-refractivity contribution is 6.35. The molecule has 1 aliphatic rings. The van der Waals surface area contributed by atoms with E-state index >= 15 is 0 Å². The number of benzene rings is 1. The molecule has 1 N–H and O–H groups in total. The summed E-state index contributed by atoms with van der Waals surface area (Å²) in [5.74, 6) is 0. The van der Waals surface area contributed by atoms with Crippen molar-refractivity contribution >= 4 is 34.9 Å². The van der Waals surface area contributed by atoms with E-state index in [0.717, 1.165) is 29.0 Å². The third-order valence-corrected chi connectivity index (χ3v) is 4.44. The lowest BCUT2D eigenvalue weighted by atomic mass is 10.1. The number of nitrogens with zero attached hydrogens (tertiary/aromatic N) is 2. The molecule has 1 atom stereocenters. The number of fused-ring (bicyclic) bond motifs is 1. The second kappa shape index (κ2) is 7.41. The van der Waals surface area contributed by atoms with E-state index in [0.29, 0.717) is 6.04 Å². The van der Waals surface area contributed by atoms with Crippen molar-refractivity contribution in [2.45, 2.75) is 25.4 Å². The first-order valence-electron chi connectivity index (χ1n) is 7.20. The lowest BCUT2D eigenvalue weighted by Gasteiger charge is -2.24. The van der Waals surface area contributed by atoms with Crippen molar-refractivity contribution in [3.63, 3.8) is 0 Å². The van der Waals surface area contributed by atoms with Gasteiger partial charge in [0.15, 0.2) is 0 Å². The quantitative estimate of drug-likeness (QED) is 0.932. The number of likely N-dealkylation sites (N-methyl/N-ethyl adjacent to an activating group) is 1. The predicted molar refractivity (Wildman–Crippen MR) is 91.4 cm³/mol. The lowest BCUT2D eigenvalue weighted by Crippen LogP contribution is -2.36. The normalized spacial score (nSPS) is 18.9. The van der Waals surface area contributed by atoms with E-state index in [9.17, 15) is 0 Å². The first kappa shape index (κ1) is 16.5. The molecule has 0 aliphatic carbocycles. The van der Waals surface area contributed by atoms with Crippen LogP contribution in [0.4, 0.5) is 0 Å². The van der Waals surface area contributed by atoms with E-state index < -0.39 is 0 Å². The van der Waals surface area contributed by atoms with E-state index in [1.54, 1.807) is 0 Å². The van der Waals surface area contributed by atoms with Gasteiger partial charge < -0.3 is 5.32 Å². The SMILES string of the molecule is CNCC1CCCN1Cc1ccc(Cl)c2cccnc12.Cl. The topological polar surface area (TPSA) is 28.2 Å². The zero-order chi connectivity index (χ0) is 13.9. The van der Waals surface area contributed by atoms with E-state index in [1.165, 1.54) is 24.9 Å². The first-order chi connectivity index (χ1) is 9.79. The Kier molecular flexibility index (Phi) is 5.82. The first-order valence-corrected chi connectivity index (χ1v) is 7.58. The highest BCUT2D eigenvalue weighted by atomic mass is 35.5. The molecule has 0 spiro atoms. The Labute approximate surface area is 137 Å². The average Bonchev–Trinajstić information content (AvgIpc) is 2.90. The van der Waals surface area contributed by atoms with Crippen molar-refractivity contribution in [2.24, 2.45) is 0 Å². The largest absolute Gasteiger partial charge is 0.318 e. The van der Waals surface area contributed by atoms with Gasteiger partial charge in [0.2, 0.25) is 0 Å². The van der Waals surface area contributed by atoms with Crippen LogP contribution in [-0.2, 0) is 6.54 Å². The van der Waals surface area contributed by atoms with Crippen LogP contribution in [0.15, 0.2) is 30.5 Å². The Balaban J connectivity index is 0.00000161. The smallest absolute Gasteiger partial charge is 0.0761 e. The van der Waals surface area contributed by atoms with Gasteiger partial charge in [-0.1, -0.05) is 17.7 Å². The monoisotopic (exact) mass is 325 g/mol. The van der Waals surface area contributed by atoms with Gasteiger partial charge in [-0.05, 0) is 50.2 Å². The zero-order valence-electron chi connectivity index (χ0n) is 12.2. The van der Waals surface area contributed by atoms with Gasteiger partial charge in [-0.2, -0.15) is 0 Å². The van der Waals surface area contributed by atoms with Crippen LogP contribution < -0.4 is 5.32 Å². The maximum absolute atomic E-state index is 6.26. The fraction of sp³-hybridized carbons (Fsp3) is 0.438. The summed E-state index contributed by atoms with van der Waals surface area (Å²) < 4.78 is 0. The van der Waals surface area contributed by atoms with Crippen LogP contribution in [0.5, 0.6) is 0 Å². The second-order valence-electron chi connectivity index (χ2n) is 5.43. The van der Waals surface area contributed by atoms with Gasteiger partial charge >= 0.3 is 0 Å². The highest BCUT2D eigenvalue weighted by Gasteiger charge is 2.24. The summed E-state index contributed by atoms with van der Waals surface area (Å²) in [5.41, 5.74) is 2.31. The van der Waals surface area contributed by atoms with Crippen molar-refractivity contribution in [1.82, 2.24) is 15.2 Å². The van der Waals surface area contributed by atoms with Gasteiger partial charge in [0.25, 0.3) is 0 Å². The minimum Gasteiger partial charge on any atom is -0.318 e. The molecular weight excluding hydrogens is 305 g/mol. The average molecular weight is 326 g/mol. The third-order valence-electron chi connectivity index (χ3n) is 4.11. The second-order valence-corrected chi connectivity index (χ2v) is 5.84. The van der Waals surface area contributed by atoms with Crippen molar-refractivity contribution in [3.05, 3.63) is 41.0 Å². The van der Waals surface area contributed by atoms with Crippen LogP contribution in [0, 0.1) is 0 Å². The van der Waals surface area contributed by atoms with Crippen LogP contribution in [0.3, 0.4) is 0 Å². The molecule has 3 rings (SSSR count). The number of aromatic nitrogens is 1. The molecule has 21 heavy (non-hydrogen) atoms. The molecular formula is C16H21Cl2N3. The minimum atomic E-state index is 0. The van der Waals surface area contributed by atoms with Crippen LogP contribution in [0.1, 0.15) is 18.4 Å². The van der Waals surface area contributed by atoms with Gasteiger partial charge in [-0.25, -0.2) is 0 Å². The number of pyridine rings is 1. The van der Waals surface area contributed by atoms with Crippen LogP contribution in [-0.4, -0.2) is 36.1 Å². The summed E-state index contributed by atoms with van der Waals surface area (Å²) >= 11 is 6.26. The van der Waals surface area contributed by atoms with Crippen molar-refractivity contribution in [1.29, 1.82) is 0 Å². The Hall–Kier alpha value is -0.870. The van der Waals surface area contributed by atoms with Crippen LogP contribution >= 0.6 is 24.0 Å². The summed E-state index contributed by atoms with van der Waals surface area (Å²) in [7, 11) is 2.02. The van der Waals surface area contributed by atoms with E-state index in [-0.39, 0.29) is 12.4 Å². The van der Waals surface area contributed by atoms with Gasteiger partial charge in [-0.3, -0.25) is 9.88 Å². The molecule has 0 saturated carbocycles. The summed E-state index contributed by atoms with van der Waals surface area (Å²) in [5, 5.41) is 5.13. The number of hydrogen-bond acceptors (Lipinski definition) is 3. The van der Waals surface area contributed by atoms with Crippen molar-refractivity contribution in [2.75, 3.05) is 20.1 Å². The molecule has 0 bridgehead atoms. The number of halogens is 2. The van der Waals surface area contributed by atoms with Gasteiger partial charge in [-0.15, -0.1) is 12.4 Å². The fourth-order valence-corrected chi connectivity index (χ4v) is 3.33. The Bertz CT molecular complexity index is 603. The van der Waals surface area contributed by atoms with Crippen LogP contribution in [0.2, 0.25) is 5.02 Å². The zero-order valence-corrected chi connectivity index (χ0v) is 13.8. The molecule has 1 saturated heterocycles. The molecule has 2 heterocycles. The molecule has 1 aliphatic heterocycles. The molecule has 1 fully saturated rings. The number of rotatable bonds is 4. The number of hydrogen-bond donors (Lipinski definition) is 1. The van der Waals surface area contributed by atoms with Crippen molar-refractivity contribution in [3.8, 4) is 0 Å². The van der Waals surface area contributed by atoms with Gasteiger partial charge in [0, 0.05) is 35.7 Å². The lowest BCUT2D eigenvalue weighted by molar-refractivity contribution is 0.243. The van der Waals surface area contributed by atoms with E-state index in [2.05, 4.69) is 21.3 Å². The molecule has 0 amide bonds. The van der Waals surface area contributed by atoms with Gasteiger partial charge in [0.05, 0.1) is 5.52 Å². The molecule has 2 aromatic rings. The highest BCUT2D eigenvalue weighted by Crippen LogP contribution is 2.27. The molecule has 1 unspecified atom stereocenters. The number of nitrogens with one attached hydrogen (secondary N) is 1. The van der Waals surface area contributed by atoms with Gasteiger partial charge in [0.1, 0.15) is 0 Å². The standard InChI is InChI=1S/C16H20ClN3.ClH/c1-18-10-13-4-3-9-20(13)11-12-6-7-15(17)14-5-2-8-19-16(12)14;/h2,5-8,13,18H,3-4,9-11H2,1H3;1H. The van der Waals surface area contributed by atoms with E-state index in [1.807, 2.05) is 31.4 Å². The summed E-state index contributed by atoms with van der Waals surface area (Å²) in [6.45, 7) is 3.18. The fourth-order valence-electron chi connectivity index (χ4n) is 3.11. The maximum atomic E-state index is 6.26. The van der Waals surface area contributed by atoms with Crippen LogP contribution in [0.25, 0.3) is 10.9 Å². The molecule has 3 nitrogen and oxygen atoms in total. The number of likely N-dealkylation sites (tertiary alicyclic amines) is 1. The van der Waals surface area contributed by atoms with E-state index in [4.69, 9.17) is 11.6 Å². The maximum Gasteiger partial charge on any atom is 0.0761 e. The molecule has 5 heteroatoms. The Morgan fingerprint density at radius 1 is 1.38 bits per heavy atom. The third kappa shape index (κ3) is 3.49. The minimum absolute atomic E-state index is 0. The Morgan fingerprint density at radius 3 is 3.05 bits per heavy atom.